The van der Waals surface area contributed by atoms with Crippen molar-refractivity contribution in [1.82, 2.24) is 5.32 Å². The quantitative estimate of drug-likeness (QED) is 0.788. The Morgan fingerprint density at radius 1 is 1.35 bits per heavy atom. The molecule has 3 heteroatoms. The van der Waals surface area contributed by atoms with Crippen LogP contribution in [0.4, 0.5) is 0 Å². The Balaban J connectivity index is 1.96. The average molecular weight is 233 g/mol. The number of hydrogen-bond donors (Lipinski definition) is 2. The average Bonchev–Trinajstić information content (AvgIpc) is 2.57. The summed E-state index contributed by atoms with van der Waals surface area (Å²) in [7, 11) is 0. The molecule has 1 fully saturated rings. The maximum absolute atomic E-state index is 12.0. The minimum absolute atomic E-state index is 0.146. The third kappa shape index (κ3) is 3.56. The Morgan fingerprint density at radius 3 is 3.06 bits per heavy atom. The van der Waals surface area contributed by atoms with Crippen molar-refractivity contribution >= 4 is 5.78 Å². The minimum atomic E-state index is 0.146. The lowest BCUT2D eigenvalue weighted by molar-refractivity contribution is 0.0957. The molecule has 0 amide bonds. The minimum Gasteiger partial charge on any atom is -0.508 e. The van der Waals surface area contributed by atoms with Gasteiger partial charge in [-0.05, 0) is 50.4 Å². The molecule has 1 aromatic carbocycles. The molecule has 0 spiro atoms. The van der Waals surface area contributed by atoms with Crippen LogP contribution in [0, 0.1) is 5.92 Å². The van der Waals surface area contributed by atoms with Crippen LogP contribution in [0.15, 0.2) is 24.3 Å². The van der Waals surface area contributed by atoms with Crippen molar-refractivity contribution in [3.8, 4) is 5.75 Å². The topological polar surface area (TPSA) is 49.3 Å². The number of aromatic hydroxyl groups is 1. The molecule has 1 aliphatic heterocycles. The van der Waals surface area contributed by atoms with Crippen LogP contribution in [0.3, 0.4) is 0 Å². The van der Waals surface area contributed by atoms with E-state index in [0.29, 0.717) is 17.9 Å². The van der Waals surface area contributed by atoms with Gasteiger partial charge in [0.2, 0.25) is 0 Å². The molecule has 1 unspecified atom stereocenters. The molecule has 3 nitrogen and oxygen atoms in total. The molecule has 1 aliphatic rings. The first-order valence-electron chi connectivity index (χ1n) is 6.28. The van der Waals surface area contributed by atoms with Gasteiger partial charge in [0.1, 0.15) is 5.75 Å². The number of ketones is 1. The van der Waals surface area contributed by atoms with Gasteiger partial charge in [0.25, 0.3) is 0 Å². The fourth-order valence-electron chi connectivity index (χ4n) is 2.35. The summed E-state index contributed by atoms with van der Waals surface area (Å²) in [4.78, 5) is 12.0. The highest BCUT2D eigenvalue weighted by molar-refractivity contribution is 5.96. The lowest BCUT2D eigenvalue weighted by atomic mass is 9.92. The fraction of sp³-hybridized carbons (Fsp3) is 0.500. The van der Waals surface area contributed by atoms with Gasteiger partial charge in [-0.15, -0.1) is 0 Å². The summed E-state index contributed by atoms with van der Waals surface area (Å²) in [5.41, 5.74) is 0.627. The Labute approximate surface area is 102 Å². The Bertz CT molecular complexity index is 382. The number of Topliss-reactive ketones (excluding diaryl/α,β-unsaturated/α-hetero) is 1. The van der Waals surface area contributed by atoms with E-state index < -0.39 is 0 Å². The van der Waals surface area contributed by atoms with Gasteiger partial charge >= 0.3 is 0 Å². The Morgan fingerprint density at radius 2 is 2.24 bits per heavy atom. The van der Waals surface area contributed by atoms with Crippen molar-refractivity contribution in [3.05, 3.63) is 29.8 Å². The van der Waals surface area contributed by atoms with Crippen LogP contribution in [0.25, 0.3) is 0 Å². The molecule has 2 N–H and O–H groups in total. The van der Waals surface area contributed by atoms with Crippen LogP contribution in [-0.4, -0.2) is 24.0 Å². The van der Waals surface area contributed by atoms with Gasteiger partial charge in [0, 0.05) is 12.0 Å². The van der Waals surface area contributed by atoms with Crippen molar-refractivity contribution < 1.29 is 9.90 Å². The van der Waals surface area contributed by atoms with Crippen LogP contribution < -0.4 is 5.32 Å². The zero-order chi connectivity index (χ0) is 12.1. The molecule has 0 saturated carbocycles. The first-order valence-corrected chi connectivity index (χ1v) is 6.28. The van der Waals surface area contributed by atoms with Crippen molar-refractivity contribution in [2.75, 3.05) is 13.1 Å². The van der Waals surface area contributed by atoms with E-state index in [1.807, 2.05) is 0 Å². The first-order chi connectivity index (χ1) is 8.25. The predicted molar refractivity (Wildman–Crippen MR) is 67.3 cm³/mol. The summed E-state index contributed by atoms with van der Waals surface area (Å²) in [6, 6.07) is 6.64. The fourth-order valence-corrected chi connectivity index (χ4v) is 2.35. The van der Waals surface area contributed by atoms with Crippen LogP contribution in [0.2, 0.25) is 0 Å². The highest BCUT2D eigenvalue weighted by Crippen LogP contribution is 2.21. The molecule has 1 atom stereocenters. The largest absolute Gasteiger partial charge is 0.508 e. The smallest absolute Gasteiger partial charge is 0.163 e. The first kappa shape index (κ1) is 12.1. The molecule has 0 aliphatic carbocycles. The second-order valence-electron chi connectivity index (χ2n) is 4.72. The van der Waals surface area contributed by atoms with E-state index in [-0.39, 0.29) is 11.5 Å². The summed E-state index contributed by atoms with van der Waals surface area (Å²) >= 11 is 0. The van der Waals surface area contributed by atoms with E-state index in [4.69, 9.17) is 0 Å². The Kier molecular flexibility index (Phi) is 4.15. The monoisotopic (exact) mass is 233 g/mol. The maximum Gasteiger partial charge on any atom is 0.163 e. The number of benzene rings is 1. The zero-order valence-electron chi connectivity index (χ0n) is 9.98. The zero-order valence-corrected chi connectivity index (χ0v) is 9.98. The van der Waals surface area contributed by atoms with E-state index in [1.54, 1.807) is 24.3 Å². The van der Waals surface area contributed by atoms with Gasteiger partial charge in [-0.25, -0.2) is 0 Å². The molecule has 17 heavy (non-hydrogen) atoms. The summed E-state index contributed by atoms with van der Waals surface area (Å²) in [5, 5.41) is 12.7. The van der Waals surface area contributed by atoms with Gasteiger partial charge in [-0.2, -0.15) is 0 Å². The standard InChI is InChI=1S/C14H19NO2/c16-13-5-1-4-12(10-13)14(17)9-11-3-2-7-15-8-6-11/h1,4-5,10-11,15-16H,2-3,6-9H2. The lowest BCUT2D eigenvalue weighted by Crippen LogP contribution is -2.15. The summed E-state index contributed by atoms with van der Waals surface area (Å²) in [6.07, 6.45) is 3.95. The number of rotatable bonds is 3. The van der Waals surface area contributed by atoms with Gasteiger partial charge in [-0.3, -0.25) is 4.79 Å². The highest BCUT2D eigenvalue weighted by Gasteiger charge is 2.17. The number of phenols is 1. The van der Waals surface area contributed by atoms with Gasteiger partial charge in [0.15, 0.2) is 5.78 Å². The SMILES string of the molecule is O=C(CC1CCCNCC1)c1cccc(O)c1. The number of phenolic OH excluding ortho intramolecular Hbond substituents is 1. The number of hydrogen-bond acceptors (Lipinski definition) is 3. The number of carbonyl (C=O) groups is 1. The van der Waals surface area contributed by atoms with E-state index in [1.165, 1.54) is 0 Å². The molecular formula is C14H19NO2. The molecular weight excluding hydrogens is 214 g/mol. The van der Waals surface area contributed by atoms with E-state index in [9.17, 15) is 9.90 Å². The van der Waals surface area contributed by atoms with Crippen molar-refractivity contribution in [2.24, 2.45) is 5.92 Å². The molecule has 1 saturated heterocycles. The summed E-state index contributed by atoms with van der Waals surface area (Å²) in [6.45, 7) is 2.08. The van der Waals surface area contributed by atoms with Crippen molar-refractivity contribution in [2.45, 2.75) is 25.7 Å². The van der Waals surface area contributed by atoms with Gasteiger partial charge in [0.05, 0.1) is 0 Å². The maximum atomic E-state index is 12.0. The van der Waals surface area contributed by atoms with Crippen LogP contribution >= 0.6 is 0 Å². The second kappa shape index (κ2) is 5.82. The van der Waals surface area contributed by atoms with Gasteiger partial charge in [-0.1, -0.05) is 12.1 Å². The van der Waals surface area contributed by atoms with Crippen LogP contribution in [0.1, 0.15) is 36.0 Å². The Hall–Kier alpha value is -1.35. The van der Waals surface area contributed by atoms with E-state index in [0.717, 1.165) is 32.4 Å². The van der Waals surface area contributed by atoms with Crippen molar-refractivity contribution in [1.29, 1.82) is 0 Å². The molecule has 1 heterocycles. The third-order valence-electron chi connectivity index (χ3n) is 3.34. The lowest BCUT2D eigenvalue weighted by Gasteiger charge is -2.12. The van der Waals surface area contributed by atoms with Crippen LogP contribution in [0.5, 0.6) is 5.75 Å². The van der Waals surface area contributed by atoms with Gasteiger partial charge < -0.3 is 10.4 Å². The van der Waals surface area contributed by atoms with E-state index >= 15 is 0 Å². The molecule has 92 valence electrons. The molecule has 0 radical (unpaired) electrons. The molecule has 1 aromatic rings. The molecule has 0 bridgehead atoms. The van der Waals surface area contributed by atoms with Crippen molar-refractivity contribution in [3.63, 3.8) is 0 Å². The normalized spacial score (nSPS) is 20.8. The summed E-state index contributed by atoms with van der Waals surface area (Å²) in [5.74, 6) is 0.797. The number of nitrogens with one attached hydrogen (secondary N) is 1. The number of carbonyl (C=O) groups excluding carboxylic acids is 1. The molecule has 2 rings (SSSR count). The van der Waals surface area contributed by atoms with E-state index in [2.05, 4.69) is 5.32 Å². The third-order valence-corrected chi connectivity index (χ3v) is 3.34. The summed E-state index contributed by atoms with van der Waals surface area (Å²) < 4.78 is 0. The van der Waals surface area contributed by atoms with Crippen LogP contribution in [-0.2, 0) is 0 Å². The highest BCUT2D eigenvalue weighted by atomic mass is 16.3. The predicted octanol–water partition coefficient (Wildman–Crippen LogP) is 2.35. The second-order valence-corrected chi connectivity index (χ2v) is 4.72. The molecule has 0 aromatic heterocycles.